The highest BCUT2D eigenvalue weighted by atomic mass is 16.3. The second kappa shape index (κ2) is 6.27. The number of hydrogen-bond donors (Lipinski definition) is 2. The lowest BCUT2D eigenvalue weighted by molar-refractivity contribution is -0.0192. The molecule has 1 aromatic rings. The van der Waals surface area contributed by atoms with Crippen LogP contribution in [0.3, 0.4) is 0 Å². The quantitative estimate of drug-likeness (QED) is 0.871. The van der Waals surface area contributed by atoms with Crippen LogP contribution in [0.4, 0.5) is 0 Å². The first-order valence-corrected chi connectivity index (χ1v) is 7.92. The summed E-state index contributed by atoms with van der Waals surface area (Å²) in [5, 5.41) is 10.9. The van der Waals surface area contributed by atoms with Crippen molar-refractivity contribution in [2.24, 2.45) is 23.0 Å². The van der Waals surface area contributed by atoms with Gasteiger partial charge in [-0.1, -0.05) is 13.8 Å². The summed E-state index contributed by atoms with van der Waals surface area (Å²) in [6.07, 6.45) is 7.47. The summed E-state index contributed by atoms with van der Waals surface area (Å²) >= 11 is 0. The maximum Gasteiger partial charge on any atom is 0.102 e. The maximum absolute atomic E-state index is 10.9. The van der Waals surface area contributed by atoms with Crippen molar-refractivity contribution >= 4 is 0 Å². The smallest absolute Gasteiger partial charge is 0.102 e. The monoisotopic (exact) mass is 279 g/mol. The van der Waals surface area contributed by atoms with Crippen LogP contribution in [0.2, 0.25) is 0 Å². The molecule has 1 fully saturated rings. The molecule has 0 saturated heterocycles. The molecule has 20 heavy (non-hydrogen) atoms. The van der Waals surface area contributed by atoms with Crippen LogP contribution >= 0.6 is 0 Å². The highest BCUT2D eigenvalue weighted by Crippen LogP contribution is 2.48. The fourth-order valence-corrected chi connectivity index (χ4v) is 3.61. The van der Waals surface area contributed by atoms with Gasteiger partial charge in [-0.2, -0.15) is 0 Å². The van der Waals surface area contributed by atoms with Gasteiger partial charge in [0.15, 0.2) is 0 Å². The first kappa shape index (κ1) is 15.5. The van der Waals surface area contributed by atoms with Gasteiger partial charge < -0.3 is 15.4 Å². The molecule has 0 radical (unpaired) electrons. The Morgan fingerprint density at radius 3 is 2.60 bits per heavy atom. The molecule has 0 spiro atoms. The van der Waals surface area contributed by atoms with E-state index in [4.69, 9.17) is 5.73 Å². The fraction of sp³-hybridized carbons (Fsp3) is 0.812. The van der Waals surface area contributed by atoms with Crippen molar-refractivity contribution in [1.82, 2.24) is 9.55 Å². The van der Waals surface area contributed by atoms with Crippen molar-refractivity contribution in [3.63, 3.8) is 0 Å². The molecule has 1 saturated carbocycles. The molecule has 0 aromatic carbocycles. The van der Waals surface area contributed by atoms with Gasteiger partial charge in [0.05, 0.1) is 18.2 Å². The summed E-state index contributed by atoms with van der Waals surface area (Å²) in [5.74, 6) is 1.50. The van der Waals surface area contributed by atoms with Crippen molar-refractivity contribution in [1.29, 1.82) is 0 Å². The van der Waals surface area contributed by atoms with E-state index < -0.39 is 6.10 Å². The van der Waals surface area contributed by atoms with Crippen LogP contribution in [0.25, 0.3) is 0 Å². The van der Waals surface area contributed by atoms with Gasteiger partial charge in [-0.15, -0.1) is 0 Å². The molecule has 3 N–H and O–H groups in total. The maximum atomic E-state index is 10.9. The summed E-state index contributed by atoms with van der Waals surface area (Å²) < 4.78 is 2.02. The van der Waals surface area contributed by atoms with E-state index in [0.717, 1.165) is 36.9 Å². The highest BCUT2D eigenvalue weighted by molar-refractivity contribution is 5.09. The number of aryl methyl sites for hydroxylation is 1. The van der Waals surface area contributed by atoms with Crippen LogP contribution in [-0.4, -0.2) is 21.2 Å². The third-order valence-corrected chi connectivity index (χ3v) is 5.32. The van der Waals surface area contributed by atoms with Crippen LogP contribution in [-0.2, 0) is 6.54 Å². The van der Waals surface area contributed by atoms with Crippen LogP contribution in [0, 0.1) is 17.3 Å². The Kier molecular flexibility index (Phi) is 4.86. The van der Waals surface area contributed by atoms with E-state index in [9.17, 15) is 5.11 Å². The summed E-state index contributed by atoms with van der Waals surface area (Å²) in [7, 11) is 0. The summed E-state index contributed by atoms with van der Waals surface area (Å²) in [6, 6.07) is 0. The predicted molar refractivity (Wildman–Crippen MR) is 81.1 cm³/mol. The zero-order chi connectivity index (χ0) is 14.8. The zero-order valence-corrected chi connectivity index (χ0v) is 13.0. The molecular formula is C16H29N3O. The van der Waals surface area contributed by atoms with Gasteiger partial charge in [0.1, 0.15) is 6.10 Å². The van der Waals surface area contributed by atoms with Crippen molar-refractivity contribution in [2.45, 2.75) is 59.1 Å². The van der Waals surface area contributed by atoms with Crippen molar-refractivity contribution in [3.05, 3.63) is 18.2 Å². The van der Waals surface area contributed by atoms with Gasteiger partial charge in [-0.3, -0.25) is 0 Å². The second-order valence-electron chi connectivity index (χ2n) is 6.66. The SMILES string of the molecule is CCn1cncc1C(O)C1(CN)CCC(C(C)C)CC1. The summed E-state index contributed by atoms with van der Waals surface area (Å²) in [4.78, 5) is 4.18. The topological polar surface area (TPSA) is 64.1 Å². The van der Waals surface area contributed by atoms with Gasteiger partial charge in [0, 0.05) is 18.5 Å². The van der Waals surface area contributed by atoms with E-state index in [-0.39, 0.29) is 5.41 Å². The average Bonchev–Trinajstić information content (AvgIpc) is 2.94. The standard InChI is InChI=1S/C16H29N3O/c1-4-19-11-18-9-14(19)15(20)16(10-17)7-5-13(6-8-16)12(2)3/h9,11-13,15,20H,4-8,10,17H2,1-3H3. The number of hydrogen-bond acceptors (Lipinski definition) is 3. The minimum absolute atomic E-state index is 0.168. The van der Waals surface area contributed by atoms with E-state index in [1.165, 1.54) is 12.8 Å². The molecule has 0 amide bonds. The minimum Gasteiger partial charge on any atom is -0.386 e. The third kappa shape index (κ3) is 2.77. The molecule has 1 unspecified atom stereocenters. The highest BCUT2D eigenvalue weighted by Gasteiger charge is 2.42. The van der Waals surface area contributed by atoms with E-state index >= 15 is 0 Å². The Balaban J connectivity index is 2.16. The van der Waals surface area contributed by atoms with Crippen molar-refractivity contribution in [3.8, 4) is 0 Å². The Morgan fingerprint density at radius 2 is 2.10 bits per heavy atom. The van der Waals surface area contributed by atoms with Crippen molar-refractivity contribution < 1.29 is 5.11 Å². The molecule has 1 aliphatic carbocycles. The number of aliphatic hydroxyl groups is 1. The lowest BCUT2D eigenvalue weighted by Crippen LogP contribution is -2.41. The lowest BCUT2D eigenvalue weighted by atomic mass is 9.64. The van der Waals surface area contributed by atoms with Gasteiger partial charge in [0.2, 0.25) is 0 Å². The summed E-state index contributed by atoms with van der Waals surface area (Å²) in [6.45, 7) is 8.05. The Labute approximate surface area is 122 Å². The zero-order valence-electron chi connectivity index (χ0n) is 13.0. The molecule has 0 aliphatic heterocycles. The fourth-order valence-electron chi connectivity index (χ4n) is 3.61. The van der Waals surface area contributed by atoms with E-state index in [1.54, 1.807) is 12.5 Å². The van der Waals surface area contributed by atoms with Gasteiger partial charge in [-0.05, 0) is 44.4 Å². The number of nitrogens with zero attached hydrogens (tertiary/aromatic N) is 2. The van der Waals surface area contributed by atoms with Gasteiger partial charge in [-0.25, -0.2) is 4.98 Å². The second-order valence-corrected chi connectivity index (χ2v) is 6.66. The van der Waals surface area contributed by atoms with Crippen LogP contribution in [0.1, 0.15) is 58.3 Å². The normalized spacial score (nSPS) is 28.8. The largest absolute Gasteiger partial charge is 0.386 e. The molecular weight excluding hydrogens is 250 g/mol. The van der Waals surface area contributed by atoms with Crippen LogP contribution < -0.4 is 5.73 Å². The van der Waals surface area contributed by atoms with E-state index in [1.807, 2.05) is 4.57 Å². The first-order chi connectivity index (χ1) is 9.54. The lowest BCUT2D eigenvalue weighted by Gasteiger charge is -2.43. The molecule has 1 aliphatic rings. The Bertz CT molecular complexity index is 419. The van der Waals surface area contributed by atoms with Crippen molar-refractivity contribution in [2.75, 3.05) is 6.54 Å². The van der Waals surface area contributed by atoms with Gasteiger partial charge >= 0.3 is 0 Å². The summed E-state index contributed by atoms with van der Waals surface area (Å²) in [5.41, 5.74) is 6.82. The molecule has 1 aromatic heterocycles. The molecule has 1 atom stereocenters. The number of imidazole rings is 1. The van der Waals surface area contributed by atoms with E-state index in [2.05, 4.69) is 25.8 Å². The van der Waals surface area contributed by atoms with Crippen LogP contribution in [0.15, 0.2) is 12.5 Å². The third-order valence-electron chi connectivity index (χ3n) is 5.32. The number of rotatable bonds is 5. The molecule has 0 bridgehead atoms. The predicted octanol–water partition coefficient (Wildman–Crippen LogP) is 2.73. The Morgan fingerprint density at radius 1 is 1.45 bits per heavy atom. The molecule has 4 heteroatoms. The molecule has 1 heterocycles. The Hall–Kier alpha value is -0.870. The number of aliphatic hydroxyl groups excluding tert-OH is 1. The van der Waals surface area contributed by atoms with E-state index in [0.29, 0.717) is 6.54 Å². The first-order valence-electron chi connectivity index (χ1n) is 7.92. The van der Waals surface area contributed by atoms with Crippen LogP contribution in [0.5, 0.6) is 0 Å². The average molecular weight is 279 g/mol. The molecule has 4 nitrogen and oxygen atoms in total. The molecule has 114 valence electrons. The van der Waals surface area contributed by atoms with Gasteiger partial charge in [0.25, 0.3) is 0 Å². The number of aromatic nitrogens is 2. The number of nitrogens with two attached hydrogens (primary N) is 1. The minimum atomic E-state index is -0.497. The molecule has 2 rings (SSSR count).